The van der Waals surface area contributed by atoms with Crippen LogP contribution in [0.25, 0.3) is 0 Å². The van der Waals surface area contributed by atoms with Crippen LogP contribution in [0, 0.1) is 6.92 Å². The van der Waals surface area contributed by atoms with E-state index in [4.69, 9.17) is 4.74 Å². The molecule has 7 heteroatoms. The van der Waals surface area contributed by atoms with Crippen molar-refractivity contribution in [1.29, 1.82) is 0 Å². The lowest BCUT2D eigenvalue weighted by Crippen LogP contribution is -2.37. The topological polar surface area (TPSA) is 71.5 Å². The number of benzene rings is 1. The molecule has 0 bridgehead atoms. The number of anilines is 2. The zero-order chi connectivity index (χ0) is 15.5. The Morgan fingerprint density at radius 2 is 2.27 bits per heavy atom. The summed E-state index contributed by atoms with van der Waals surface area (Å²) in [5.74, 6) is 0.209. The summed E-state index contributed by atoms with van der Waals surface area (Å²) in [6, 6.07) is 7.23. The maximum atomic E-state index is 12.2. The van der Waals surface area contributed by atoms with Crippen LogP contribution in [0.3, 0.4) is 0 Å². The Hall–Kier alpha value is -2.41. The molecule has 0 spiro atoms. The Bertz CT molecular complexity index is 714. The van der Waals surface area contributed by atoms with E-state index in [9.17, 15) is 9.59 Å². The first-order chi connectivity index (χ1) is 10.6. The number of nitrogens with one attached hydrogen (secondary N) is 1. The smallest absolute Gasteiger partial charge is 0.246 e. The third kappa shape index (κ3) is 3.09. The highest BCUT2D eigenvalue weighted by Crippen LogP contribution is 2.30. The normalized spacial score (nSPS) is 14.0. The SMILES string of the molecule is Cc1csc(NC(=O)CN2C(=O)CCOc3ccccc32)n1. The van der Waals surface area contributed by atoms with Crippen LogP contribution in [0.1, 0.15) is 12.1 Å². The van der Waals surface area contributed by atoms with Crippen molar-refractivity contribution >= 4 is 34.0 Å². The number of carbonyl (C=O) groups excluding carboxylic acids is 2. The molecule has 0 saturated heterocycles. The van der Waals surface area contributed by atoms with Gasteiger partial charge in [-0.05, 0) is 19.1 Å². The Labute approximate surface area is 131 Å². The van der Waals surface area contributed by atoms with Crippen molar-refractivity contribution in [3.05, 3.63) is 35.3 Å². The van der Waals surface area contributed by atoms with Gasteiger partial charge in [0.2, 0.25) is 11.8 Å². The first kappa shape index (κ1) is 14.5. The lowest BCUT2D eigenvalue weighted by molar-refractivity contribution is -0.121. The molecule has 1 aromatic heterocycles. The highest BCUT2D eigenvalue weighted by Gasteiger charge is 2.25. The van der Waals surface area contributed by atoms with Gasteiger partial charge in [0, 0.05) is 5.38 Å². The molecule has 1 aliphatic rings. The summed E-state index contributed by atoms with van der Waals surface area (Å²) in [5.41, 5.74) is 1.47. The summed E-state index contributed by atoms with van der Waals surface area (Å²) in [5, 5.41) is 5.11. The molecule has 2 heterocycles. The molecule has 0 radical (unpaired) electrons. The number of para-hydroxylation sites is 2. The van der Waals surface area contributed by atoms with Crippen molar-refractivity contribution in [3.8, 4) is 5.75 Å². The lowest BCUT2D eigenvalue weighted by atomic mass is 10.2. The van der Waals surface area contributed by atoms with Crippen LogP contribution in [0.15, 0.2) is 29.6 Å². The van der Waals surface area contributed by atoms with Crippen molar-refractivity contribution < 1.29 is 14.3 Å². The summed E-state index contributed by atoms with van der Waals surface area (Å²) >= 11 is 1.36. The molecule has 1 aromatic carbocycles. The zero-order valence-corrected chi connectivity index (χ0v) is 12.9. The number of amides is 2. The Kier molecular flexibility index (Phi) is 4.06. The van der Waals surface area contributed by atoms with E-state index >= 15 is 0 Å². The first-order valence-electron chi connectivity index (χ1n) is 6.87. The van der Waals surface area contributed by atoms with Gasteiger partial charge in [-0.25, -0.2) is 4.98 Å². The fourth-order valence-electron chi connectivity index (χ4n) is 2.21. The monoisotopic (exact) mass is 317 g/mol. The van der Waals surface area contributed by atoms with E-state index < -0.39 is 0 Å². The molecule has 1 aliphatic heterocycles. The van der Waals surface area contributed by atoms with Gasteiger partial charge in [0.15, 0.2) is 5.13 Å². The van der Waals surface area contributed by atoms with Crippen molar-refractivity contribution in [3.63, 3.8) is 0 Å². The van der Waals surface area contributed by atoms with Crippen molar-refractivity contribution in [2.45, 2.75) is 13.3 Å². The maximum absolute atomic E-state index is 12.2. The minimum absolute atomic E-state index is 0.0577. The summed E-state index contributed by atoms with van der Waals surface area (Å²) in [4.78, 5) is 30.0. The van der Waals surface area contributed by atoms with E-state index in [2.05, 4.69) is 10.3 Å². The molecule has 0 fully saturated rings. The Balaban J connectivity index is 1.77. The van der Waals surface area contributed by atoms with Crippen LogP contribution >= 0.6 is 11.3 Å². The minimum Gasteiger partial charge on any atom is -0.491 e. The van der Waals surface area contributed by atoms with Gasteiger partial charge < -0.3 is 10.1 Å². The predicted octanol–water partition coefficient (Wildman–Crippen LogP) is 2.21. The van der Waals surface area contributed by atoms with Gasteiger partial charge in [0.1, 0.15) is 12.3 Å². The molecule has 0 atom stereocenters. The van der Waals surface area contributed by atoms with Gasteiger partial charge in [-0.15, -0.1) is 11.3 Å². The number of rotatable bonds is 3. The molecule has 0 aliphatic carbocycles. The van der Waals surface area contributed by atoms with E-state index in [1.165, 1.54) is 16.2 Å². The van der Waals surface area contributed by atoms with Crippen LogP contribution in [0.5, 0.6) is 5.75 Å². The third-order valence-electron chi connectivity index (χ3n) is 3.20. The molecule has 3 rings (SSSR count). The first-order valence-corrected chi connectivity index (χ1v) is 7.75. The molecule has 2 amide bonds. The fourth-order valence-corrected chi connectivity index (χ4v) is 2.91. The van der Waals surface area contributed by atoms with Gasteiger partial charge in [0.05, 0.1) is 24.4 Å². The quantitative estimate of drug-likeness (QED) is 0.942. The van der Waals surface area contributed by atoms with E-state index in [0.29, 0.717) is 23.2 Å². The second kappa shape index (κ2) is 6.15. The maximum Gasteiger partial charge on any atom is 0.246 e. The van der Waals surface area contributed by atoms with Crippen LogP contribution in [-0.2, 0) is 9.59 Å². The highest BCUT2D eigenvalue weighted by atomic mass is 32.1. The summed E-state index contributed by atoms with van der Waals surface area (Å²) < 4.78 is 5.55. The van der Waals surface area contributed by atoms with Gasteiger partial charge in [-0.1, -0.05) is 12.1 Å². The number of hydrogen-bond donors (Lipinski definition) is 1. The summed E-state index contributed by atoms with van der Waals surface area (Å²) in [7, 11) is 0. The molecule has 0 saturated carbocycles. The Morgan fingerprint density at radius 1 is 1.45 bits per heavy atom. The number of carbonyl (C=O) groups is 2. The number of hydrogen-bond acceptors (Lipinski definition) is 5. The van der Waals surface area contributed by atoms with Gasteiger partial charge in [-0.2, -0.15) is 0 Å². The number of aromatic nitrogens is 1. The zero-order valence-electron chi connectivity index (χ0n) is 12.0. The van der Waals surface area contributed by atoms with E-state index in [1.807, 2.05) is 24.4 Å². The highest BCUT2D eigenvalue weighted by molar-refractivity contribution is 7.13. The van der Waals surface area contributed by atoms with Gasteiger partial charge in [0.25, 0.3) is 0 Å². The minimum atomic E-state index is -0.278. The summed E-state index contributed by atoms with van der Waals surface area (Å²) in [6.45, 7) is 2.12. The number of nitrogens with zero attached hydrogens (tertiary/aromatic N) is 2. The standard InChI is InChI=1S/C15H15N3O3S/c1-10-9-22-15(16-10)17-13(19)8-18-11-4-2-3-5-12(11)21-7-6-14(18)20/h2-5,9H,6-8H2,1H3,(H,16,17,19). The average molecular weight is 317 g/mol. The molecule has 2 aromatic rings. The van der Waals surface area contributed by atoms with E-state index in [1.54, 1.807) is 12.1 Å². The summed E-state index contributed by atoms with van der Waals surface area (Å²) in [6.07, 6.45) is 0.248. The number of fused-ring (bicyclic) bond motifs is 1. The van der Waals surface area contributed by atoms with E-state index in [0.717, 1.165) is 5.69 Å². The van der Waals surface area contributed by atoms with Crippen LogP contribution in [0.2, 0.25) is 0 Å². The molecule has 22 heavy (non-hydrogen) atoms. The number of ether oxygens (including phenoxy) is 1. The Morgan fingerprint density at radius 3 is 3.05 bits per heavy atom. The molecule has 0 unspecified atom stereocenters. The second-order valence-corrected chi connectivity index (χ2v) is 5.75. The molecular weight excluding hydrogens is 302 g/mol. The van der Waals surface area contributed by atoms with Crippen LogP contribution in [-0.4, -0.2) is 29.9 Å². The second-order valence-electron chi connectivity index (χ2n) is 4.89. The van der Waals surface area contributed by atoms with Gasteiger partial charge >= 0.3 is 0 Å². The molecule has 114 valence electrons. The van der Waals surface area contributed by atoms with Crippen LogP contribution < -0.4 is 15.0 Å². The van der Waals surface area contributed by atoms with Crippen molar-refractivity contribution in [2.75, 3.05) is 23.4 Å². The van der Waals surface area contributed by atoms with Gasteiger partial charge in [-0.3, -0.25) is 14.5 Å². The number of thiazole rings is 1. The van der Waals surface area contributed by atoms with E-state index in [-0.39, 0.29) is 24.8 Å². The predicted molar refractivity (Wildman–Crippen MR) is 84.4 cm³/mol. The molecule has 1 N–H and O–H groups in total. The third-order valence-corrected chi connectivity index (χ3v) is 4.07. The van der Waals surface area contributed by atoms with Crippen LogP contribution in [0.4, 0.5) is 10.8 Å². The van der Waals surface area contributed by atoms with Crippen molar-refractivity contribution in [2.24, 2.45) is 0 Å². The largest absolute Gasteiger partial charge is 0.491 e. The average Bonchev–Trinajstić information content (AvgIpc) is 2.83. The molecule has 6 nitrogen and oxygen atoms in total. The fraction of sp³-hybridized carbons (Fsp3) is 0.267. The molecular formula is C15H15N3O3S. The number of aryl methyl sites for hydroxylation is 1. The van der Waals surface area contributed by atoms with Crippen molar-refractivity contribution in [1.82, 2.24) is 4.98 Å². The lowest BCUT2D eigenvalue weighted by Gasteiger charge is -2.20.